The van der Waals surface area contributed by atoms with Gasteiger partial charge in [-0.2, -0.15) is 0 Å². The highest BCUT2D eigenvalue weighted by molar-refractivity contribution is 5.94. The van der Waals surface area contributed by atoms with Crippen LogP contribution in [0.3, 0.4) is 0 Å². The van der Waals surface area contributed by atoms with Gasteiger partial charge in [-0.15, -0.1) is 6.58 Å². The Balaban J connectivity index is 2.01. The molecule has 6 heteroatoms. The zero-order chi connectivity index (χ0) is 28.0. The van der Waals surface area contributed by atoms with Crippen LogP contribution in [-0.4, -0.2) is 71.4 Å². The maximum atomic E-state index is 12.9. The van der Waals surface area contributed by atoms with E-state index in [0.717, 1.165) is 30.8 Å². The van der Waals surface area contributed by atoms with E-state index in [9.17, 15) is 9.59 Å². The summed E-state index contributed by atoms with van der Waals surface area (Å²) in [6.07, 6.45) is 1.97. The molecule has 1 heterocycles. The highest BCUT2D eigenvalue weighted by atomic mass is 16.5. The third kappa shape index (κ3) is 6.91. The topological polar surface area (TPSA) is 53.1 Å². The molecule has 1 fully saturated rings. The first-order valence-corrected chi connectivity index (χ1v) is 13.8. The second-order valence-electron chi connectivity index (χ2n) is 11.4. The molecule has 0 N–H and O–H groups in total. The highest BCUT2D eigenvalue weighted by Gasteiger charge is 2.35. The van der Waals surface area contributed by atoms with E-state index in [2.05, 4.69) is 48.4 Å². The Morgan fingerprint density at radius 2 is 1.68 bits per heavy atom. The molecule has 0 saturated carbocycles. The van der Waals surface area contributed by atoms with Crippen molar-refractivity contribution in [2.75, 3.05) is 32.7 Å². The van der Waals surface area contributed by atoms with E-state index in [1.165, 1.54) is 0 Å². The maximum Gasteiger partial charge on any atom is 0.316 e. The Labute approximate surface area is 229 Å². The molecule has 206 valence electrons. The molecule has 0 aromatic heterocycles. The molecule has 1 aliphatic rings. The van der Waals surface area contributed by atoms with Crippen LogP contribution in [-0.2, 0) is 4.79 Å². The van der Waals surface area contributed by atoms with Crippen LogP contribution in [0.15, 0.2) is 61.2 Å². The molecule has 6 nitrogen and oxygen atoms in total. The van der Waals surface area contributed by atoms with E-state index in [1.807, 2.05) is 75.9 Å². The van der Waals surface area contributed by atoms with Gasteiger partial charge in [0.15, 0.2) is 0 Å². The molecule has 3 unspecified atom stereocenters. The van der Waals surface area contributed by atoms with E-state index < -0.39 is 5.41 Å². The van der Waals surface area contributed by atoms with Gasteiger partial charge < -0.3 is 9.64 Å². The summed E-state index contributed by atoms with van der Waals surface area (Å²) in [4.78, 5) is 32.4. The van der Waals surface area contributed by atoms with Gasteiger partial charge in [-0.3, -0.25) is 19.4 Å². The van der Waals surface area contributed by atoms with Gasteiger partial charge in [0.05, 0.1) is 11.5 Å². The smallest absolute Gasteiger partial charge is 0.316 e. The second-order valence-corrected chi connectivity index (χ2v) is 11.4. The monoisotopic (exact) mass is 519 g/mol. The van der Waals surface area contributed by atoms with Crippen LogP contribution in [0.5, 0.6) is 5.75 Å². The van der Waals surface area contributed by atoms with E-state index >= 15 is 0 Å². The quantitative estimate of drug-likeness (QED) is 0.238. The predicted octanol–water partition coefficient (Wildman–Crippen LogP) is 5.79. The molecule has 0 spiro atoms. The van der Waals surface area contributed by atoms with E-state index in [1.54, 1.807) is 0 Å². The number of ether oxygens (including phenoxy) is 1. The fourth-order valence-corrected chi connectivity index (χ4v) is 5.09. The van der Waals surface area contributed by atoms with Crippen molar-refractivity contribution in [3.8, 4) is 5.75 Å². The summed E-state index contributed by atoms with van der Waals surface area (Å²) in [6, 6.07) is 16.5. The molecule has 2 aromatic rings. The molecule has 0 aliphatic carbocycles. The summed E-state index contributed by atoms with van der Waals surface area (Å²) in [6.45, 7) is 22.1. The fourth-order valence-electron chi connectivity index (χ4n) is 5.09. The molecule has 0 bridgehead atoms. The summed E-state index contributed by atoms with van der Waals surface area (Å²) in [5, 5.41) is 0. The molecule has 0 radical (unpaired) electrons. The summed E-state index contributed by atoms with van der Waals surface area (Å²) in [7, 11) is 0. The molecular weight excluding hydrogens is 474 g/mol. The molecule has 1 aliphatic heterocycles. The molecule has 3 atom stereocenters. The van der Waals surface area contributed by atoms with Crippen LogP contribution in [0.25, 0.3) is 0 Å². The van der Waals surface area contributed by atoms with Gasteiger partial charge in [0.25, 0.3) is 5.91 Å². The van der Waals surface area contributed by atoms with Crippen LogP contribution in [0.4, 0.5) is 0 Å². The summed E-state index contributed by atoms with van der Waals surface area (Å²) >= 11 is 0. The zero-order valence-corrected chi connectivity index (χ0v) is 24.2. The highest BCUT2D eigenvalue weighted by Crippen LogP contribution is 2.35. The van der Waals surface area contributed by atoms with Crippen molar-refractivity contribution in [2.45, 2.75) is 66.6 Å². The largest absolute Gasteiger partial charge is 0.426 e. The Hall–Kier alpha value is -2.96. The summed E-state index contributed by atoms with van der Waals surface area (Å²) in [5.41, 5.74) is 2.27. The lowest BCUT2D eigenvalue weighted by Gasteiger charge is -2.47. The number of benzene rings is 2. The Kier molecular flexibility index (Phi) is 9.91. The summed E-state index contributed by atoms with van der Waals surface area (Å²) < 4.78 is 5.76. The number of hydrogen-bond donors (Lipinski definition) is 0. The average Bonchev–Trinajstić information content (AvgIpc) is 2.88. The van der Waals surface area contributed by atoms with Gasteiger partial charge >= 0.3 is 5.97 Å². The lowest BCUT2D eigenvalue weighted by molar-refractivity contribution is -0.143. The number of hydrogen-bond acceptors (Lipinski definition) is 5. The SMILES string of the molecule is C=CCN1CC(C)N(C(c2ccc(C(=O)N(CC)CC)cc2)c2cccc(OC(=O)C(C)(C)C)c2)CC1C. The first-order chi connectivity index (χ1) is 18.0. The van der Waals surface area contributed by atoms with Crippen LogP contribution >= 0.6 is 0 Å². The zero-order valence-electron chi connectivity index (χ0n) is 24.2. The normalized spacial score (nSPS) is 19.6. The lowest BCUT2D eigenvalue weighted by Crippen LogP contribution is -2.57. The minimum Gasteiger partial charge on any atom is -0.426 e. The van der Waals surface area contributed by atoms with Gasteiger partial charge in [-0.05, 0) is 83.9 Å². The molecular formula is C32H45N3O3. The van der Waals surface area contributed by atoms with Gasteiger partial charge in [0, 0.05) is 50.4 Å². The van der Waals surface area contributed by atoms with Crippen LogP contribution in [0.2, 0.25) is 0 Å². The van der Waals surface area contributed by atoms with Gasteiger partial charge in [-0.25, -0.2) is 0 Å². The number of piperazine rings is 1. The van der Waals surface area contributed by atoms with Gasteiger partial charge in [-0.1, -0.05) is 30.3 Å². The molecule has 3 rings (SSSR count). The number of rotatable bonds is 9. The van der Waals surface area contributed by atoms with Crippen molar-refractivity contribution in [1.82, 2.24) is 14.7 Å². The number of carbonyl (C=O) groups is 2. The first kappa shape index (κ1) is 29.6. The molecule has 1 saturated heterocycles. The van der Waals surface area contributed by atoms with Crippen molar-refractivity contribution in [3.63, 3.8) is 0 Å². The standard InChI is InChI=1S/C32H45N3O3/c1-9-19-34-21-24(5)35(22-23(34)4)29(25-15-17-26(18-16-25)30(36)33(10-2)11-3)27-13-12-14-28(20-27)38-31(37)32(6,7)8/h9,12-18,20,23-24,29H,1,10-11,19,21-22H2,2-8H3. The third-order valence-electron chi connectivity index (χ3n) is 7.38. The Bertz CT molecular complexity index is 1100. The Morgan fingerprint density at radius 3 is 2.26 bits per heavy atom. The third-order valence-corrected chi connectivity index (χ3v) is 7.38. The Morgan fingerprint density at radius 1 is 1.03 bits per heavy atom. The van der Waals surface area contributed by atoms with Crippen LogP contribution < -0.4 is 4.74 Å². The van der Waals surface area contributed by atoms with Crippen LogP contribution in [0, 0.1) is 5.41 Å². The first-order valence-electron chi connectivity index (χ1n) is 13.8. The van der Waals surface area contributed by atoms with Crippen LogP contribution in [0.1, 0.15) is 76.0 Å². The number of carbonyl (C=O) groups excluding carboxylic acids is 2. The van der Waals surface area contributed by atoms with Crippen molar-refractivity contribution >= 4 is 11.9 Å². The predicted molar refractivity (Wildman–Crippen MR) is 154 cm³/mol. The average molecular weight is 520 g/mol. The van der Waals surface area contributed by atoms with Crippen molar-refractivity contribution in [2.24, 2.45) is 5.41 Å². The minimum absolute atomic E-state index is 0.0502. The van der Waals surface area contributed by atoms with E-state index in [0.29, 0.717) is 30.4 Å². The van der Waals surface area contributed by atoms with Gasteiger partial charge in [0.1, 0.15) is 5.75 Å². The second kappa shape index (κ2) is 12.7. The van der Waals surface area contributed by atoms with E-state index in [4.69, 9.17) is 4.74 Å². The molecule has 38 heavy (non-hydrogen) atoms. The number of nitrogens with zero attached hydrogens (tertiary/aromatic N) is 3. The van der Waals surface area contributed by atoms with E-state index in [-0.39, 0.29) is 24.0 Å². The van der Waals surface area contributed by atoms with Crippen molar-refractivity contribution in [1.29, 1.82) is 0 Å². The number of esters is 1. The minimum atomic E-state index is -0.589. The molecule has 1 amide bonds. The van der Waals surface area contributed by atoms with Gasteiger partial charge in [0.2, 0.25) is 0 Å². The fraction of sp³-hybridized carbons (Fsp3) is 0.500. The van der Waals surface area contributed by atoms with Crippen molar-refractivity contribution in [3.05, 3.63) is 77.9 Å². The summed E-state index contributed by atoms with van der Waals surface area (Å²) in [5.74, 6) is 0.339. The van der Waals surface area contributed by atoms with Crippen molar-refractivity contribution < 1.29 is 14.3 Å². The lowest BCUT2D eigenvalue weighted by atomic mass is 9.92. The number of amides is 1. The maximum absolute atomic E-state index is 12.9. The molecule has 2 aromatic carbocycles.